The summed E-state index contributed by atoms with van der Waals surface area (Å²) in [6.07, 6.45) is 6.37. The minimum atomic E-state index is -0.349. The van der Waals surface area contributed by atoms with Crippen molar-refractivity contribution in [1.29, 1.82) is 0 Å². The van der Waals surface area contributed by atoms with E-state index < -0.39 is 0 Å². The molecule has 3 aromatic carbocycles. The Hall–Kier alpha value is -3.87. The number of unbranched alkanes of at least 4 members (excludes halogenated alkanes) is 1. The topological polar surface area (TPSA) is 73.0 Å². The van der Waals surface area contributed by atoms with Crippen LogP contribution in [0.4, 0.5) is 5.69 Å². The SMILES string of the molecule is CCCCc1ccc(-n2nc3cc(Cl)c(NC(=O)/C=C/c4ccc(-c5ccc(C)c(Cl)c5)o4)cc3n2)cc1. The maximum Gasteiger partial charge on any atom is 0.248 e. The molecule has 0 radical (unpaired) electrons. The van der Waals surface area contributed by atoms with Gasteiger partial charge in [0.1, 0.15) is 22.6 Å². The van der Waals surface area contributed by atoms with Gasteiger partial charge >= 0.3 is 0 Å². The van der Waals surface area contributed by atoms with Gasteiger partial charge in [0.15, 0.2) is 0 Å². The van der Waals surface area contributed by atoms with Crippen molar-refractivity contribution in [3.05, 3.63) is 99.7 Å². The summed E-state index contributed by atoms with van der Waals surface area (Å²) in [6.45, 7) is 4.13. The van der Waals surface area contributed by atoms with E-state index in [-0.39, 0.29) is 5.91 Å². The number of fused-ring (bicyclic) bond motifs is 1. The van der Waals surface area contributed by atoms with Gasteiger partial charge in [0.25, 0.3) is 0 Å². The second kappa shape index (κ2) is 11.3. The molecule has 5 aromatic rings. The molecule has 192 valence electrons. The van der Waals surface area contributed by atoms with Crippen molar-refractivity contribution in [2.24, 2.45) is 0 Å². The number of hydrogen-bond donors (Lipinski definition) is 1. The maximum atomic E-state index is 12.6. The standard InChI is InChI=1S/C30H26Cl2N4O2/c1-3-4-5-20-7-10-22(11-8-20)36-34-27-17-25(32)26(18-28(27)35-36)33-30(37)15-13-23-12-14-29(38-23)21-9-6-19(2)24(31)16-21/h6-18H,3-5H2,1-2H3,(H,33,37)/b15-13+. The van der Waals surface area contributed by atoms with Crippen molar-refractivity contribution in [3.63, 3.8) is 0 Å². The number of aromatic nitrogens is 3. The first-order valence-corrected chi connectivity index (χ1v) is 13.2. The summed E-state index contributed by atoms with van der Waals surface area (Å²) in [4.78, 5) is 14.2. The van der Waals surface area contributed by atoms with Gasteiger partial charge in [-0.2, -0.15) is 4.80 Å². The monoisotopic (exact) mass is 544 g/mol. The fourth-order valence-corrected chi connectivity index (χ4v) is 4.39. The van der Waals surface area contributed by atoms with Crippen LogP contribution in [0.3, 0.4) is 0 Å². The van der Waals surface area contributed by atoms with Crippen LogP contribution in [0.25, 0.3) is 34.1 Å². The second-order valence-electron chi connectivity index (χ2n) is 9.07. The van der Waals surface area contributed by atoms with Crippen molar-refractivity contribution in [3.8, 4) is 17.0 Å². The number of carbonyl (C=O) groups is 1. The van der Waals surface area contributed by atoms with Crippen LogP contribution in [-0.4, -0.2) is 20.9 Å². The Morgan fingerprint density at radius 3 is 2.47 bits per heavy atom. The number of benzene rings is 3. The predicted octanol–water partition coefficient (Wildman–Crippen LogP) is 8.29. The fraction of sp³-hybridized carbons (Fsp3) is 0.167. The molecular weight excluding hydrogens is 519 g/mol. The summed E-state index contributed by atoms with van der Waals surface area (Å²) in [6, 6.07) is 21.0. The summed E-state index contributed by atoms with van der Waals surface area (Å²) in [5.41, 5.74) is 5.72. The molecule has 0 fully saturated rings. The van der Waals surface area contributed by atoms with Crippen molar-refractivity contribution in [2.45, 2.75) is 33.1 Å². The van der Waals surface area contributed by atoms with Gasteiger partial charge in [-0.1, -0.05) is 60.8 Å². The molecule has 0 bridgehead atoms. The summed E-state index contributed by atoms with van der Waals surface area (Å²) >= 11 is 12.7. The van der Waals surface area contributed by atoms with E-state index in [4.69, 9.17) is 27.6 Å². The molecule has 0 aliphatic carbocycles. The quantitative estimate of drug-likeness (QED) is 0.199. The molecule has 1 N–H and O–H groups in total. The molecule has 5 rings (SSSR count). The van der Waals surface area contributed by atoms with E-state index in [0.717, 1.165) is 36.1 Å². The lowest BCUT2D eigenvalue weighted by atomic mass is 10.1. The number of nitrogens with one attached hydrogen (secondary N) is 1. The summed E-state index contributed by atoms with van der Waals surface area (Å²) in [7, 11) is 0. The molecule has 2 aromatic heterocycles. The van der Waals surface area contributed by atoms with Gasteiger partial charge < -0.3 is 9.73 Å². The molecule has 2 heterocycles. The summed E-state index contributed by atoms with van der Waals surface area (Å²) < 4.78 is 5.85. The average molecular weight is 545 g/mol. The molecule has 38 heavy (non-hydrogen) atoms. The first-order valence-electron chi connectivity index (χ1n) is 12.4. The molecule has 0 atom stereocenters. The Bertz CT molecular complexity index is 1630. The van der Waals surface area contributed by atoms with Gasteiger partial charge in [0, 0.05) is 16.7 Å². The van der Waals surface area contributed by atoms with E-state index in [1.807, 2.05) is 43.3 Å². The molecular formula is C30H26Cl2N4O2. The van der Waals surface area contributed by atoms with E-state index in [1.165, 1.54) is 11.6 Å². The minimum Gasteiger partial charge on any atom is -0.457 e. The highest BCUT2D eigenvalue weighted by atomic mass is 35.5. The Morgan fingerprint density at radius 1 is 0.974 bits per heavy atom. The Kier molecular flexibility index (Phi) is 7.63. The highest BCUT2D eigenvalue weighted by Crippen LogP contribution is 2.29. The Balaban J connectivity index is 1.28. The highest BCUT2D eigenvalue weighted by Gasteiger charge is 2.12. The predicted molar refractivity (Wildman–Crippen MR) is 154 cm³/mol. The van der Waals surface area contributed by atoms with Crippen LogP contribution in [0.5, 0.6) is 0 Å². The molecule has 0 saturated heterocycles. The lowest BCUT2D eigenvalue weighted by molar-refractivity contribution is -0.111. The van der Waals surface area contributed by atoms with Gasteiger partial charge in [0.2, 0.25) is 5.91 Å². The van der Waals surface area contributed by atoms with Crippen LogP contribution in [0, 0.1) is 6.92 Å². The fourth-order valence-electron chi connectivity index (χ4n) is 4.00. The van der Waals surface area contributed by atoms with Crippen LogP contribution < -0.4 is 5.32 Å². The smallest absolute Gasteiger partial charge is 0.248 e. The van der Waals surface area contributed by atoms with E-state index in [0.29, 0.717) is 38.3 Å². The van der Waals surface area contributed by atoms with Crippen LogP contribution in [0.2, 0.25) is 10.0 Å². The zero-order valence-electron chi connectivity index (χ0n) is 21.0. The Labute approximate surface area is 230 Å². The van der Waals surface area contributed by atoms with E-state index >= 15 is 0 Å². The number of anilines is 1. The molecule has 0 saturated carbocycles. The van der Waals surface area contributed by atoms with Crippen LogP contribution in [-0.2, 0) is 11.2 Å². The summed E-state index contributed by atoms with van der Waals surface area (Å²) in [5, 5.41) is 13.0. The van der Waals surface area contributed by atoms with Crippen LogP contribution in [0.15, 0.2) is 77.2 Å². The maximum absolute atomic E-state index is 12.6. The number of rotatable bonds is 8. The molecule has 6 nitrogen and oxygen atoms in total. The molecule has 0 aliphatic rings. The van der Waals surface area contributed by atoms with Gasteiger partial charge in [-0.05, 0) is 79.4 Å². The molecule has 1 amide bonds. The van der Waals surface area contributed by atoms with Gasteiger partial charge in [0.05, 0.1) is 16.4 Å². The second-order valence-corrected chi connectivity index (χ2v) is 9.88. The third-order valence-corrected chi connectivity index (χ3v) is 6.92. The summed E-state index contributed by atoms with van der Waals surface area (Å²) in [5.74, 6) is 0.855. The number of halogens is 2. The number of amides is 1. The first kappa shape index (κ1) is 25.8. The number of aryl methyl sites for hydroxylation is 2. The molecule has 0 unspecified atom stereocenters. The van der Waals surface area contributed by atoms with Crippen molar-refractivity contribution < 1.29 is 9.21 Å². The zero-order valence-corrected chi connectivity index (χ0v) is 22.6. The lowest BCUT2D eigenvalue weighted by Gasteiger charge is -2.04. The third kappa shape index (κ3) is 5.82. The largest absolute Gasteiger partial charge is 0.457 e. The van der Waals surface area contributed by atoms with Gasteiger partial charge in [-0.3, -0.25) is 4.79 Å². The first-order chi connectivity index (χ1) is 18.4. The van der Waals surface area contributed by atoms with Crippen molar-refractivity contribution >= 4 is 51.9 Å². The number of hydrogen-bond acceptors (Lipinski definition) is 4. The van der Waals surface area contributed by atoms with E-state index in [2.05, 4.69) is 34.6 Å². The number of furan rings is 1. The van der Waals surface area contributed by atoms with Crippen molar-refractivity contribution in [1.82, 2.24) is 15.0 Å². The third-order valence-electron chi connectivity index (χ3n) is 6.20. The van der Waals surface area contributed by atoms with E-state index in [1.54, 1.807) is 29.1 Å². The minimum absolute atomic E-state index is 0.349. The molecule has 0 aliphatic heterocycles. The van der Waals surface area contributed by atoms with Gasteiger partial charge in [-0.25, -0.2) is 0 Å². The molecule has 0 spiro atoms. The number of nitrogens with zero attached hydrogens (tertiary/aromatic N) is 3. The van der Waals surface area contributed by atoms with Gasteiger partial charge in [-0.15, -0.1) is 10.2 Å². The van der Waals surface area contributed by atoms with E-state index in [9.17, 15) is 4.79 Å². The zero-order chi connectivity index (χ0) is 26.6. The molecule has 8 heteroatoms. The lowest BCUT2D eigenvalue weighted by Crippen LogP contribution is -2.08. The number of carbonyl (C=O) groups excluding carboxylic acids is 1. The normalized spacial score (nSPS) is 11.5. The van der Waals surface area contributed by atoms with Crippen LogP contribution in [0.1, 0.15) is 36.7 Å². The Morgan fingerprint density at radius 2 is 1.74 bits per heavy atom. The average Bonchev–Trinajstić information content (AvgIpc) is 3.55. The van der Waals surface area contributed by atoms with Crippen molar-refractivity contribution in [2.75, 3.05) is 5.32 Å². The highest BCUT2D eigenvalue weighted by molar-refractivity contribution is 6.34. The van der Waals surface area contributed by atoms with Crippen LogP contribution >= 0.6 is 23.2 Å².